The van der Waals surface area contributed by atoms with Crippen LogP contribution >= 0.6 is 0 Å². The average molecular weight is 385 g/mol. The molecule has 0 atom stereocenters. The number of Topliss-reactive ketones (excluding diaryl/α,β-unsaturated/α-hetero) is 1. The van der Waals surface area contributed by atoms with Gasteiger partial charge in [0.15, 0.2) is 12.2 Å². The van der Waals surface area contributed by atoms with E-state index in [1.165, 1.54) is 0 Å². The molecule has 144 valence electrons. The lowest BCUT2D eigenvalue weighted by Gasteiger charge is -2.08. The quantitative estimate of drug-likeness (QED) is 0.371. The molecule has 29 heavy (non-hydrogen) atoms. The first-order valence-corrected chi connectivity index (χ1v) is 9.28. The van der Waals surface area contributed by atoms with Crippen LogP contribution in [0.1, 0.15) is 10.4 Å². The molecule has 4 rings (SSSR count). The van der Waals surface area contributed by atoms with Gasteiger partial charge in [-0.15, -0.1) is 0 Å². The summed E-state index contributed by atoms with van der Waals surface area (Å²) >= 11 is 0. The van der Waals surface area contributed by atoms with Crippen LogP contribution in [-0.2, 0) is 6.54 Å². The number of carbonyl (C=O) groups excluding carboxylic acids is 1. The van der Waals surface area contributed by atoms with Gasteiger partial charge in [-0.1, -0.05) is 42.5 Å². The summed E-state index contributed by atoms with van der Waals surface area (Å²) in [6, 6.07) is 21.2. The molecule has 0 saturated carbocycles. The molecule has 0 radical (unpaired) electrons. The third-order valence-corrected chi connectivity index (χ3v) is 4.87. The number of methoxy groups -OCH3 is 2. The normalized spacial score (nSPS) is 10.7. The Morgan fingerprint density at radius 2 is 1.79 bits per heavy atom. The smallest absolute Gasteiger partial charge is 0.287 e. The number of rotatable bonds is 6. The van der Waals surface area contributed by atoms with E-state index in [1.54, 1.807) is 25.1 Å². The summed E-state index contributed by atoms with van der Waals surface area (Å²) in [6.07, 6.45) is 3.52. The van der Waals surface area contributed by atoms with Crippen LogP contribution in [0.3, 0.4) is 0 Å². The number of hydrogen-bond acceptors (Lipinski definition) is 4. The first kappa shape index (κ1) is 18.6. The van der Waals surface area contributed by atoms with Gasteiger partial charge in [0.05, 0.1) is 26.0 Å². The van der Waals surface area contributed by atoms with Crippen LogP contribution in [0.15, 0.2) is 79.3 Å². The summed E-state index contributed by atoms with van der Waals surface area (Å²) in [4.78, 5) is 17.4. The van der Waals surface area contributed by atoms with Gasteiger partial charge in [0.2, 0.25) is 5.78 Å². The third-order valence-electron chi connectivity index (χ3n) is 4.87. The fourth-order valence-electron chi connectivity index (χ4n) is 3.37. The van der Waals surface area contributed by atoms with E-state index >= 15 is 0 Å². The molecule has 0 aliphatic heterocycles. The van der Waals surface area contributed by atoms with E-state index in [1.807, 2.05) is 72.9 Å². The zero-order valence-electron chi connectivity index (χ0n) is 16.3. The van der Waals surface area contributed by atoms with Crippen molar-refractivity contribution in [2.24, 2.45) is 0 Å². The molecule has 0 N–H and O–H groups in total. The van der Waals surface area contributed by atoms with E-state index in [9.17, 15) is 4.79 Å². The second-order valence-electron chi connectivity index (χ2n) is 6.63. The average Bonchev–Trinajstić information content (AvgIpc) is 2.78. The van der Waals surface area contributed by atoms with Crippen LogP contribution in [0, 0.1) is 0 Å². The van der Waals surface area contributed by atoms with E-state index in [0.717, 1.165) is 33.3 Å². The number of benzene rings is 3. The highest BCUT2D eigenvalue weighted by molar-refractivity contribution is 6.07. The minimum Gasteiger partial charge on any atom is -0.497 e. The van der Waals surface area contributed by atoms with Crippen molar-refractivity contribution < 1.29 is 18.8 Å². The molecule has 1 aromatic heterocycles. The highest BCUT2D eigenvalue weighted by Crippen LogP contribution is 2.31. The summed E-state index contributed by atoms with van der Waals surface area (Å²) in [6.45, 7) is 0.223. The minimum absolute atomic E-state index is 0.0448. The lowest BCUT2D eigenvalue weighted by molar-refractivity contribution is -0.686. The van der Waals surface area contributed by atoms with Gasteiger partial charge in [0.25, 0.3) is 6.33 Å². The molecule has 5 nitrogen and oxygen atoms in total. The fraction of sp³-hybridized carbons (Fsp3) is 0.125. The highest BCUT2D eigenvalue weighted by Gasteiger charge is 2.16. The van der Waals surface area contributed by atoms with Crippen molar-refractivity contribution >= 4 is 16.6 Å². The van der Waals surface area contributed by atoms with E-state index in [2.05, 4.69) is 4.98 Å². The zero-order valence-corrected chi connectivity index (χ0v) is 16.3. The van der Waals surface area contributed by atoms with Crippen LogP contribution in [0.5, 0.6) is 11.5 Å². The molecule has 1 heterocycles. The lowest BCUT2D eigenvalue weighted by Crippen LogP contribution is -2.37. The van der Waals surface area contributed by atoms with Crippen molar-refractivity contribution in [1.82, 2.24) is 4.98 Å². The first-order valence-electron chi connectivity index (χ1n) is 9.28. The van der Waals surface area contributed by atoms with Crippen molar-refractivity contribution in [1.29, 1.82) is 0 Å². The summed E-state index contributed by atoms with van der Waals surface area (Å²) < 4.78 is 12.5. The maximum Gasteiger partial charge on any atom is 0.287 e. The van der Waals surface area contributed by atoms with Gasteiger partial charge in [-0.2, -0.15) is 0 Å². The molecule has 3 aromatic carbocycles. The summed E-state index contributed by atoms with van der Waals surface area (Å²) in [5.41, 5.74) is 2.34. The number of hydrogen-bond donors (Lipinski definition) is 0. The van der Waals surface area contributed by atoms with Crippen molar-refractivity contribution in [3.05, 3.63) is 84.8 Å². The van der Waals surface area contributed by atoms with Crippen molar-refractivity contribution in [2.45, 2.75) is 6.54 Å². The zero-order chi connectivity index (χ0) is 20.2. The molecule has 0 bridgehead atoms. The van der Waals surface area contributed by atoms with E-state index in [4.69, 9.17) is 9.47 Å². The Labute approximate surface area is 169 Å². The molecular formula is C24H21N2O3+. The number of ketones is 1. The van der Waals surface area contributed by atoms with Gasteiger partial charge >= 0.3 is 0 Å². The third kappa shape index (κ3) is 3.80. The maximum absolute atomic E-state index is 12.9. The lowest BCUT2D eigenvalue weighted by atomic mass is 10.0. The van der Waals surface area contributed by atoms with Gasteiger partial charge < -0.3 is 9.47 Å². The Morgan fingerprint density at radius 3 is 2.55 bits per heavy atom. The summed E-state index contributed by atoms with van der Waals surface area (Å²) in [5, 5.41) is 2.02. The number of fused-ring (bicyclic) bond motifs is 1. The molecule has 0 aliphatic rings. The van der Waals surface area contributed by atoms with Crippen LogP contribution in [0.25, 0.3) is 22.0 Å². The summed E-state index contributed by atoms with van der Waals surface area (Å²) in [5.74, 6) is 1.45. The Balaban J connectivity index is 1.58. The van der Waals surface area contributed by atoms with Gasteiger partial charge in [0, 0.05) is 17.7 Å². The van der Waals surface area contributed by atoms with Crippen LogP contribution in [0.4, 0.5) is 0 Å². The fourth-order valence-corrected chi connectivity index (χ4v) is 3.37. The molecule has 0 saturated heterocycles. The molecule has 0 spiro atoms. The number of carbonyl (C=O) groups is 1. The molecule has 0 unspecified atom stereocenters. The van der Waals surface area contributed by atoms with E-state index in [0.29, 0.717) is 5.75 Å². The predicted molar refractivity (Wildman–Crippen MR) is 111 cm³/mol. The minimum atomic E-state index is 0.0448. The summed E-state index contributed by atoms with van der Waals surface area (Å²) in [7, 11) is 3.23. The van der Waals surface area contributed by atoms with Crippen molar-refractivity contribution in [2.75, 3.05) is 14.2 Å². The second-order valence-corrected chi connectivity index (χ2v) is 6.63. The SMILES string of the molecule is COc1ccc(-c2cc[n+](CC(=O)c3cccc4ccccc34)cn2)c(OC)c1. The molecule has 4 aromatic rings. The van der Waals surface area contributed by atoms with Crippen LogP contribution in [0.2, 0.25) is 0 Å². The Kier molecular flexibility index (Phi) is 5.20. The van der Waals surface area contributed by atoms with Crippen molar-refractivity contribution in [3.63, 3.8) is 0 Å². The number of ether oxygens (including phenoxy) is 2. The van der Waals surface area contributed by atoms with Crippen LogP contribution < -0.4 is 14.0 Å². The first-order chi connectivity index (χ1) is 14.2. The second kappa shape index (κ2) is 8.10. The molecular weight excluding hydrogens is 364 g/mol. The van der Waals surface area contributed by atoms with Crippen LogP contribution in [-0.4, -0.2) is 25.0 Å². The Hall–Kier alpha value is -3.73. The number of nitrogens with zero attached hydrogens (tertiary/aromatic N) is 2. The van der Waals surface area contributed by atoms with Gasteiger partial charge in [-0.05, 0) is 27.9 Å². The molecule has 0 amide bonds. The van der Waals surface area contributed by atoms with Gasteiger partial charge in [0.1, 0.15) is 11.5 Å². The van der Waals surface area contributed by atoms with E-state index in [-0.39, 0.29) is 12.3 Å². The molecule has 0 aliphatic carbocycles. The largest absolute Gasteiger partial charge is 0.497 e. The van der Waals surface area contributed by atoms with Gasteiger partial charge in [-0.25, -0.2) is 4.57 Å². The number of aromatic nitrogens is 2. The maximum atomic E-state index is 12.9. The van der Waals surface area contributed by atoms with Crippen molar-refractivity contribution in [3.8, 4) is 22.8 Å². The Bertz CT molecular complexity index is 1170. The van der Waals surface area contributed by atoms with Gasteiger partial charge in [-0.3, -0.25) is 4.79 Å². The topological polar surface area (TPSA) is 52.3 Å². The predicted octanol–water partition coefficient (Wildman–Crippen LogP) is 4.09. The Morgan fingerprint density at radius 1 is 0.966 bits per heavy atom. The van der Waals surface area contributed by atoms with E-state index < -0.39 is 0 Å². The molecule has 5 heteroatoms. The monoisotopic (exact) mass is 385 g/mol. The standard InChI is InChI=1S/C24H21N2O3/c1-28-18-10-11-21(24(14-18)29-2)22-12-13-26(16-25-22)15-23(27)20-9-5-7-17-6-3-4-8-19(17)20/h3-14,16H,15H2,1-2H3/q+1. The highest BCUT2D eigenvalue weighted by atomic mass is 16.5. The molecule has 0 fully saturated rings.